The fourth-order valence-electron chi connectivity index (χ4n) is 4.12. The molecule has 0 bridgehead atoms. The van der Waals surface area contributed by atoms with E-state index in [0.717, 1.165) is 50.3 Å². The maximum atomic E-state index is 12.2. The number of aromatic nitrogens is 4. The summed E-state index contributed by atoms with van der Waals surface area (Å²) in [5.41, 5.74) is 8.48. The largest absolute Gasteiger partial charge is 0.368 e. The summed E-state index contributed by atoms with van der Waals surface area (Å²) in [5, 5.41) is 0. The summed E-state index contributed by atoms with van der Waals surface area (Å²) in [4.78, 5) is 33.4. The summed E-state index contributed by atoms with van der Waals surface area (Å²) in [6.45, 7) is 1.71. The van der Waals surface area contributed by atoms with Crippen molar-refractivity contribution in [2.24, 2.45) is 0 Å². The van der Waals surface area contributed by atoms with Crippen molar-refractivity contribution < 1.29 is 4.79 Å². The van der Waals surface area contributed by atoms with Crippen molar-refractivity contribution in [1.82, 2.24) is 24.8 Å². The number of hydrogen-bond acceptors (Lipinski definition) is 7. The highest BCUT2D eigenvalue weighted by atomic mass is 16.2. The first kappa shape index (κ1) is 16.7. The van der Waals surface area contributed by atoms with E-state index in [9.17, 15) is 4.79 Å². The van der Waals surface area contributed by atoms with Crippen molar-refractivity contribution in [1.29, 1.82) is 0 Å². The molecule has 1 spiro atoms. The second kappa shape index (κ2) is 6.19. The van der Waals surface area contributed by atoms with Crippen LogP contribution in [0.2, 0.25) is 0 Å². The maximum absolute atomic E-state index is 12.2. The van der Waals surface area contributed by atoms with E-state index in [1.807, 2.05) is 6.20 Å². The van der Waals surface area contributed by atoms with Crippen molar-refractivity contribution in [2.75, 3.05) is 37.8 Å². The van der Waals surface area contributed by atoms with Gasteiger partial charge in [-0.1, -0.05) is 0 Å². The molecule has 1 fully saturated rings. The molecule has 1 saturated heterocycles. The zero-order valence-electron chi connectivity index (χ0n) is 15.1. The molecular formula is C18H23N7O. The van der Waals surface area contributed by atoms with Gasteiger partial charge in [0.1, 0.15) is 11.5 Å². The summed E-state index contributed by atoms with van der Waals surface area (Å²) in [6, 6.07) is 0. The third-order valence-corrected chi connectivity index (χ3v) is 5.41. The lowest BCUT2D eigenvalue weighted by molar-refractivity contribution is 0.0821. The van der Waals surface area contributed by atoms with Crippen LogP contribution in [0.25, 0.3) is 0 Å². The van der Waals surface area contributed by atoms with Crippen molar-refractivity contribution in [3.63, 3.8) is 0 Å². The molecule has 1 aliphatic carbocycles. The van der Waals surface area contributed by atoms with Crippen molar-refractivity contribution >= 4 is 17.7 Å². The minimum atomic E-state index is -0.141. The van der Waals surface area contributed by atoms with Crippen molar-refractivity contribution in [3.05, 3.63) is 35.5 Å². The number of anilines is 2. The molecule has 1 atom stereocenters. The summed E-state index contributed by atoms with van der Waals surface area (Å²) in [7, 11) is 3.43. The number of nitrogens with two attached hydrogens (primary N) is 1. The molecule has 0 radical (unpaired) electrons. The molecule has 1 unspecified atom stereocenters. The predicted molar refractivity (Wildman–Crippen MR) is 97.9 cm³/mol. The number of hydrogen-bond donors (Lipinski definition) is 1. The third kappa shape index (κ3) is 2.75. The highest BCUT2D eigenvalue weighted by Crippen LogP contribution is 2.44. The zero-order valence-corrected chi connectivity index (χ0v) is 15.1. The van der Waals surface area contributed by atoms with Crippen LogP contribution < -0.4 is 10.6 Å². The highest BCUT2D eigenvalue weighted by molar-refractivity contribution is 5.91. The molecule has 2 aromatic heterocycles. The van der Waals surface area contributed by atoms with E-state index < -0.39 is 0 Å². The van der Waals surface area contributed by atoms with Crippen LogP contribution in [0.15, 0.2) is 18.6 Å². The van der Waals surface area contributed by atoms with Gasteiger partial charge in [-0.3, -0.25) is 9.78 Å². The van der Waals surface area contributed by atoms with Crippen molar-refractivity contribution in [2.45, 2.75) is 31.1 Å². The van der Waals surface area contributed by atoms with Gasteiger partial charge < -0.3 is 15.5 Å². The number of piperidine rings is 1. The highest BCUT2D eigenvalue weighted by Gasteiger charge is 2.44. The number of amides is 1. The van der Waals surface area contributed by atoms with Crippen LogP contribution in [0.5, 0.6) is 0 Å². The molecule has 0 saturated carbocycles. The topological polar surface area (TPSA) is 101 Å². The van der Waals surface area contributed by atoms with E-state index in [-0.39, 0.29) is 11.3 Å². The number of carbonyl (C=O) groups is 1. The molecule has 1 aliphatic heterocycles. The van der Waals surface area contributed by atoms with E-state index in [1.165, 1.54) is 16.7 Å². The van der Waals surface area contributed by atoms with Gasteiger partial charge in [-0.15, -0.1) is 0 Å². The zero-order chi connectivity index (χ0) is 18.3. The minimum absolute atomic E-state index is 0.0200. The van der Waals surface area contributed by atoms with Crippen LogP contribution in [0, 0.1) is 0 Å². The third-order valence-electron chi connectivity index (χ3n) is 5.41. The first-order valence-corrected chi connectivity index (χ1v) is 8.89. The molecule has 8 heteroatoms. The van der Waals surface area contributed by atoms with Gasteiger partial charge in [0.05, 0.1) is 18.1 Å². The molecule has 2 aliphatic rings. The fraction of sp³-hybridized carbons (Fsp3) is 0.500. The Labute approximate surface area is 152 Å². The first-order chi connectivity index (χ1) is 12.5. The van der Waals surface area contributed by atoms with E-state index in [2.05, 4.69) is 24.8 Å². The Kier molecular flexibility index (Phi) is 3.97. The predicted octanol–water partition coefficient (Wildman–Crippen LogP) is 1.03. The number of carbonyl (C=O) groups excluding carboxylic acids is 1. The Morgan fingerprint density at radius 3 is 2.88 bits per heavy atom. The van der Waals surface area contributed by atoms with E-state index in [4.69, 9.17) is 5.73 Å². The van der Waals surface area contributed by atoms with E-state index >= 15 is 0 Å². The summed E-state index contributed by atoms with van der Waals surface area (Å²) in [5.74, 6) is 0.936. The van der Waals surface area contributed by atoms with Gasteiger partial charge in [0.25, 0.3) is 5.91 Å². The van der Waals surface area contributed by atoms with Crippen LogP contribution in [0.1, 0.15) is 41.0 Å². The Balaban J connectivity index is 1.64. The summed E-state index contributed by atoms with van der Waals surface area (Å²) < 4.78 is 0. The molecule has 1 amide bonds. The molecule has 0 aromatic carbocycles. The molecule has 4 rings (SSSR count). The lowest BCUT2D eigenvalue weighted by Gasteiger charge is -2.41. The van der Waals surface area contributed by atoms with Gasteiger partial charge in [-0.05, 0) is 31.2 Å². The average Bonchev–Trinajstić information content (AvgIpc) is 2.98. The fourth-order valence-corrected chi connectivity index (χ4v) is 4.12. The second-order valence-corrected chi connectivity index (χ2v) is 7.37. The Hall–Kier alpha value is -2.77. The lowest BCUT2D eigenvalue weighted by atomic mass is 9.77. The van der Waals surface area contributed by atoms with Crippen LogP contribution in [-0.4, -0.2) is 57.9 Å². The van der Waals surface area contributed by atoms with Crippen LogP contribution in [0.3, 0.4) is 0 Å². The molecule has 2 N–H and O–H groups in total. The molecule has 136 valence electrons. The number of nitrogens with zero attached hydrogens (tertiary/aromatic N) is 6. The van der Waals surface area contributed by atoms with Crippen LogP contribution in [-0.2, 0) is 11.8 Å². The molecular weight excluding hydrogens is 330 g/mol. The Morgan fingerprint density at radius 2 is 2.08 bits per heavy atom. The summed E-state index contributed by atoms with van der Waals surface area (Å²) in [6.07, 6.45) is 9.25. The van der Waals surface area contributed by atoms with E-state index in [1.54, 1.807) is 20.3 Å². The average molecular weight is 353 g/mol. The first-order valence-electron chi connectivity index (χ1n) is 8.89. The number of aryl methyl sites for hydroxylation is 1. The molecule has 2 aromatic rings. The maximum Gasteiger partial charge on any atom is 0.273 e. The van der Waals surface area contributed by atoms with Gasteiger partial charge >= 0.3 is 0 Å². The number of nitrogen functional groups attached to an aromatic ring is 1. The molecule has 8 nitrogen and oxygen atoms in total. The van der Waals surface area contributed by atoms with E-state index in [0.29, 0.717) is 11.6 Å². The monoisotopic (exact) mass is 353 g/mol. The van der Waals surface area contributed by atoms with Crippen LogP contribution in [0.4, 0.5) is 11.8 Å². The van der Waals surface area contributed by atoms with Crippen LogP contribution >= 0.6 is 0 Å². The lowest BCUT2D eigenvalue weighted by Crippen LogP contribution is -2.46. The summed E-state index contributed by atoms with van der Waals surface area (Å²) >= 11 is 0. The van der Waals surface area contributed by atoms with Gasteiger partial charge in [-0.2, -0.15) is 0 Å². The van der Waals surface area contributed by atoms with Gasteiger partial charge in [0, 0.05) is 38.8 Å². The molecule has 26 heavy (non-hydrogen) atoms. The standard InChI is InChI=1S/C18H23N7O/c1-24(2)16(26)13-9-20-10-14(22-13)25-7-3-5-18(11-25)6-4-12-8-21-17(19)23-15(12)18/h8-10H,3-7,11H2,1-2H3,(H2,19,21,23). The second-order valence-electron chi connectivity index (χ2n) is 7.37. The molecule has 3 heterocycles. The van der Waals surface area contributed by atoms with Gasteiger partial charge in [0.15, 0.2) is 0 Å². The van der Waals surface area contributed by atoms with Gasteiger partial charge in [0.2, 0.25) is 5.95 Å². The smallest absolute Gasteiger partial charge is 0.273 e. The van der Waals surface area contributed by atoms with Crippen molar-refractivity contribution in [3.8, 4) is 0 Å². The quantitative estimate of drug-likeness (QED) is 0.860. The Morgan fingerprint density at radius 1 is 1.23 bits per heavy atom. The number of rotatable bonds is 2. The van der Waals surface area contributed by atoms with Gasteiger partial charge in [-0.25, -0.2) is 15.0 Å². The normalized spacial score (nSPS) is 21.7. The minimum Gasteiger partial charge on any atom is -0.368 e. The SMILES string of the molecule is CN(C)C(=O)c1cncc(N2CCCC3(CCc4cnc(N)nc43)C2)n1. The number of fused-ring (bicyclic) bond motifs is 2. The Bertz CT molecular complexity index is 849.